The lowest BCUT2D eigenvalue weighted by Crippen LogP contribution is -2.32. The molecule has 0 aliphatic carbocycles. The van der Waals surface area contributed by atoms with E-state index in [1.54, 1.807) is 36.4 Å². The average Bonchev–Trinajstić information content (AvgIpc) is 3.13. The number of aliphatic hydroxyl groups excluding tert-OH is 1. The first kappa shape index (κ1) is 25.0. The molecule has 1 atom stereocenters. The van der Waals surface area contributed by atoms with E-state index in [1.807, 2.05) is 49.3 Å². The van der Waals surface area contributed by atoms with Gasteiger partial charge in [-0.1, -0.05) is 42.5 Å². The van der Waals surface area contributed by atoms with Crippen LogP contribution in [-0.4, -0.2) is 58.9 Å². The van der Waals surface area contributed by atoms with Gasteiger partial charge in [0.05, 0.1) is 11.6 Å². The largest absolute Gasteiger partial charge is 0.508 e. The van der Waals surface area contributed by atoms with Crippen LogP contribution in [0.15, 0.2) is 84.4 Å². The summed E-state index contributed by atoms with van der Waals surface area (Å²) in [5.74, 6) is -0.906. The Balaban J connectivity index is 1.63. The molecule has 7 heteroatoms. The van der Waals surface area contributed by atoms with E-state index >= 15 is 0 Å². The second-order valence-corrected chi connectivity index (χ2v) is 9.04. The Morgan fingerprint density at radius 3 is 2.25 bits per heavy atom. The van der Waals surface area contributed by atoms with Crippen molar-refractivity contribution in [2.75, 3.05) is 27.2 Å². The predicted octanol–water partition coefficient (Wildman–Crippen LogP) is 4.34. The van der Waals surface area contributed by atoms with Gasteiger partial charge in [0.2, 0.25) is 0 Å². The summed E-state index contributed by atoms with van der Waals surface area (Å²) in [7, 11) is 3.89. The molecular weight excluding hydrogens is 456 g/mol. The average molecular weight is 487 g/mol. The lowest BCUT2D eigenvalue weighted by Gasteiger charge is -2.26. The number of phenols is 1. The van der Waals surface area contributed by atoms with Gasteiger partial charge in [-0.05, 0) is 74.6 Å². The molecule has 4 rings (SSSR count). The highest BCUT2D eigenvalue weighted by molar-refractivity contribution is 6.46. The van der Waals surface area contributed by atoms with Crippen LogP contribution in [0, 0.1) is 0 Å². The molecule has 3 aromatic carbocycles. The molecule has 1 fully saturated rings. The van der Waals surface area contributed by atoms with Gasteiger partial charge >= 0.3 is 0 Å². The molecule has 36 heavy (non-hydrogen) atoms. The van der Waals surface area contributed by atoms with Crippen LogP contribution in [0.4, 0.5) is 0 Å². The van der Waals surface area contributed by atoms with E-state index in [0.29, 0.717) is 36.4 Å². The molecule has 7 nitrogen and oxygen atoms in total. The Labute approximate surface area is 210 Å². The van der Waals surface area contributed by atoms with Crippen molar-refractivity contribution in [3.05, 3.63) is 101 Å². The van der Waals surface area contributed by atoms with Crippen LogP contribution in [0.1, 0.15) is 29.2 Å². The maximum absolute atomic E-state index is 13.1. The summed E-state index contributed by atoms with van der Waals surface area (Å²) in [6.07, 6.45) is 0.669. The summed E-state index contributed by atoms with van der Waals surface area (Å²) in [5, 5.41) is 20.9. The van der Waals surface area contributed by atoms with Gasteiger partial charge in [0.25, 0.3) is 11.7 Å². The van der Waals surface area contributed by atoms with Crippen molar-refractivity contribution < 1.29 is 24.5 Å². The van der Waals surface area contributed by atoms with Crippen LogP contribution in [0.2, 0.25) is 0 Å². The van der Waals surface area contributed by atoms with Crippen LogP contribution in [-0.2, 0) is 16.2 Å². The number of nitrogens with zero attached hydrogens (tertiary/aromatic N) is 2. The maximum atomic E-state index is 13.1. The number of aliphatic hydroxyl groups is 1. The summed E-state index contributed by atoms with van der Waals surface area (Å²) < 4.78 is 5.82. The molecule has 1 aliphatic heterocycles. The van der Waals surface area contributed by atoms with Gasteiger partial charge in [0.15, 0.2) is 0 Å². The Morgan fingerprint density at radius 1 is 0.944 bits per heavy atom. The summed E-state index contributed by atoms with van der Waals surface area (Å²) in [5.41, 5.74) is 2.12. The van der Waals surface area contributed by atoms with Crippen LogP contribution < -0.4 is 4.74 Å². The van der Waals surface area contributed by atoms with E-state index in [2.05, 4.69) is 0 Å². The zero-order valence-electron chi connectivity index (χ0n) is 20.4. The van der Waals surface area contributed by atoms with Crippen LogP contribution >= 0.6 is 0 Å². The number of likely N-dealkylation sites (tertiary alicyclic amines) is 1. The Bertz CT molecular complexity index is 1230. The third kappa shape index (κ3) is 5.58. The normalized spacial score (nSPS) is 17.1. The monoisotopic (exact) mass is 486 g/mol. The van der Waals surface area contributed by atoms with Crippen molar-refractivity contribution in [1.82, 2.24) is 9.80 Å². The highest BCUT2D eigenvalue weighted by Crippen LogP contribution is 2.40. The van der Waals surface area contributed by atoms with Crippen molar-refractivity contribution in [2.24, 2.45) is 0 Å². The maximum Gasteiger partial charge on any atom is 0.295 e. The molecule has 2 N–H and O–H groups in total. The van der Waals surface area contributed by atoms with E-state index in [-0.39, 0.29) is 17.1 Å². The number of phenolic OH excluding ortho intramolecular Hbond substituents is 1. The molecule has 1 heterocycles. The van der Waals surface area contributed by atoms with Gasteiger partial charge in [-0.2, -0.15) is 0 Å². The standard InChI is InChI=1S/C29H30N2O5/c1-30(2)17-6-18-31-26(21-9-13-23(32)14-10-21)25(28(34)29(31)35)27(33)22-11-15-24(16-12-22)36-19-20-7-4-3-5-8-20/h3-5,7-16,26,32-33H,6,17-19H2,1-2H3/t26-/m0/s1. The number of Topliss-reactive ketones (excluding diaryl/α,β-unsaturated/α-hetero) is 1. The molecule has 0 aromatic heterocycles. The number of ketones is 1. The minimum Gasteiger partial charge on any atom is -0.508 e. The molecule has 1 amide bonds. The molecule has 0 radical (unpaired) electrons. The van der Waals surface area contributed by atoms with Crippen molar-refractivity contribution in [2.45, 2.75) is 19.1 Å². The van der Waals surface area contributed by atoms with Crippen LogP contribution in [0.25, 0.3) is 5.76 Å². The molecule has 0 spiro atoms. The number of carbonyl (C=O) groups excluding carboxylic acids is 2. The van der Waals surface area contributed by atoms with Crippen LogP contribution in [0.3, 0.4) is 0 Å². The van der Waals surface area contributed by atoms with E-state index in [0.717, 1.165) is 12.1 Å². The first-order valence-corrected chi connectivity index (χ1v) is 11.8. The molecule has 1 aliphatic rings. The topological polar surface area (TPSA) is 90.3 Å². The fraction of sp³-hybridized carbons (Fsp3) is 0.241. The highest BCUT2D eigenvalue weighted by Gasteiger charge is 2.45. The van der Waals surface area contributed by atoms with Crippen molar-refractivity contribution in [3.8, 4) is 11.5 Å². The first-order chi connectivity index (χ1) is 17.3. The summed E-state index contributed by atoms with van der Waals surface area (Å²) in [6.45, 7) is 1.51. The lowest BCUT2D eigenvalue weighted by atomic mass is 9.95. The molecule has 186 valence electrons. The van der Waals surface area contributed by atoms with Crippen molar-refractivity contribution in [1.29, 1.82) is 0 Å². The minimum absolute atomic E-state index is 0.0356. The molecule has 0 unspecified atom stereocenters. The highest BCUT2D eigenvalue weighted by atomic mass is 16.5. The van der Waals surface area contributed by atoms with Gasteiger partial charge in [-0.25, -0.2) is 0 Å². The number of hydrogen-bond acceptors (Lipinski definition) is 6. The Kier molecular flexibility index (Phi) is 7.71. The van der Waals surface area contributed by atoms with Gasteiger partial charge in [-0.15, -0.1) is 0 Å². The Morgan fingerprint density at radius 2 is 1.61 bits per heavy atom. The number of aromatic hydroxyl groups is 1. The third-order valence-corrected chi connectivity index (χ3v) is 6.13. The number of benzene rings is 3. The molecular formula is C29H30N2O5. The fourth-order valence-corrected chi connectivity index (χ4v) is 4.28. The lowest BCUT2D eigenvalue weighted by molar-refractivity contribution is -0.139. The molecule has 0 bridgehead atoms. The summed E-state index contributed by atoms with van der Waals surface area (Å²) >= 11 is 0. The van der Waals surface area contributed by atoms with Crippen molar-refractivity contribution in [3.63, 3.8) is 0 Å². The quantitative estimate of drug-likeness (QED) is 0.266. The number of rotatable bonds is 9. The van der Waals surface area contributed by atoms with Crippen LogP contribution in [0.5, 0.6) is 11.5 Å². The predicted molar refractivity (Wildman–Crippen MR) is 138 cm³/mol. The number of amides is 1. The SMILES string of the molecule is CN(C)CCCN1C(=O)C(=O)C(=C(O)c2ccc(OCc3ccccc3)cc2)[C@@H]1c1ccc(O)cc1. The van der Waals surface area contributed by atoms with E-state index < -0.39 is 17.7 Å². The Hall–Kier alpha value is -4.10. The van der Waals surface area contributed by atoms with Gasteiger partial charge in [0, 0.05) is 12.1 Å². The zero-order chi connectivity index (χ0) is 25.7. The fourth-order valence-electron chi connectivity index (χ4n) is 4.28. The van der Waals surface area contributed by atoms with Crippen molar-refractivity contribution >= 4 is 17.4 Å². The van der Waals surface area contributed by atoms with E-state index in [1.165, 1.54) is 17.0 Å². The van der Waals surface area contributed by atoms with E-state index in [4.69, 9.17) is 4.74 Å². The second-order valence-electron chi connectivity index (χ2n) is 9.04. The van der Waals surface area contributed by atoms with Gasteiger partial charge in [-0.3, -0.25) is 9.59 Å². The molecule has 3 aromatic rings. The molecule has 1 saturated heterocycles. The number of ether oxygens (including phenoxy) is 1. The van der Waals surface area contributed by atoms with Gasteiger partial charge < -0.3 is 24.7 Å². The second kappa shape index (κ2) is 11.1. The zero-order valence-corrected chi connectivity index (χ0v) is 20.4. The number of carbonyl (C=O) groups is 2. The van der Waals surface area contributed by atoms with Gasteiger partial charge in [0.1, 0.15) is 23.9 Å². The first-order valence-electron chi connectivity index (χ1n) is 11.8. The number of hydrogen-bond donors (Lipinski definition) is 2. The minimum atomic E-state index is -0.748. The summed E-state index contributed by atoms with van der Waals surface area (Å²) in [6, 6.07) is 22.2. The summed E-state index contributed by atoms with van der Waals surface area (Å²) in [4.78, 5) is 29.6. The molecule has 0 saturated carbocycles. The smallest absolute Gasteiger partial charge is 0.295 e. The third-order valence-electron chi connectivity index (χ3n) is 6.13. The van der Waals surface area contributed by atoms with E-state index in [9.17, 15) is 19.8 Å².